The van der Waals surface area contributed by atoms with Crippen molar-refractivity contribution in [3.63, 3.8) is 0 Å². The molecule has 0 aliphatic rings. The fourth-order valence-electron chi connectivity index (χ4n) is 1.49. The number of ether oxygens (including phenoxy) is 1. The van der Waals surface area contributed by atoms with E-state index in [1.807, 2.05) is 49.3 Å². The first kappa shape index (κ1) is 14.2. The highest BCUT2D eigenvalue weighted by Gasteiger charge is 2.08. The summed E-state index contributed by atoms with van der Waals surface area (Å²) in [5.41, 5.74) is 1.22. The molecule has 1 atom stereocenters. The van der Waals surface area contributed by atoms with Gasteiger partial charge in [0.15, 0.2) is 0 Å². The average molecular weight is 255 g/mol. The Kier molecular flexibility index (Phi) is 6.22. The van der Waals surface area contributed by atoms with Crippen molar-refractivity contribution in [3.8, 4) is 5.75 Å². The van der Waals surface area contributed by atoms with Gasteiger partial charge in [0.05, 0.1) is 11.0 Å². The highest BCUT2D eigenvalue weighted by Crippen LogP contribution is 2.11. The first-order valence-corrected chi connectivity index (χ1v) is 7.27. The molecule has 0 amide bonds. The van der Waals surface area contributed by atoms with Crippen molar-refractivity contribution < 1.29 is 8.95 Å². The standard InChI is InChI=1S/C13H21NO2S/c1-4-14(17(15)5-2)10-11-16-13-8-6-12(3)7-9-13/h6-9H,4-5,10-11H2,1-3H3. The Morgan fingerprint density at radius 2 is 1.88 bits per heavy atom. The number of likely N-dealkylation sites (N-methyl/N-ethyl adjacent to an activating group) is 1. The minimum atomic E-state index is -0.873. The first-order chi connectivity index (χ1) is 8.17. The zero-order valence-corrected chi connectivity index (χ0v) is 11.6. The van der Waals surface area contributed by atoms with Crippen molar-refractivity contribution in [1.82, 2.24) is 4.31 Å². The van der Waals surface area contributed by atoms with Crippen LogP contribution in [0.2, 0.25) is 0 Å². The predicted octanol–water partition coefficient (Wildman–Crippen LogP) is 2.38. The monoisotopic (exact) mass is 255 g/mol. The summed E-state index contributed by atoms with van der Waals surface area (Å²) in [7, 11) is -0.873. The Morgan fingerprint density at radius 3 is 2.41 bits per heavy atom. The zero-order valence-electron chi connectivity index (χ0n) is 10.8. The Labute approximate surface area is 106 Å². The summed E-state index contributed by atoms with van der Waals surface area (Å²) in [6.45, 7) is 8.05. The van der Waals surface area contributed by atoms with Gasteiger partial charge in [-0.1, -0.05) is 31.5 Å². The third-order valence-electron chi connectivity index (χ3n) is 2.52. The smallest absolute Gasteiger partial charge is 0.119 e. The molecule has 0 bridgehead atoms. The summed E-state index contributed by atoms with van der Waals surface area (Å²) in [6.07, 6.45) is 0. The van der Waals surface area contributed by atoms with Crippen molar-refractivity contribution in [3.05, 3.63) is 29.8 Å². The maximum atomic E-state index is 11.6. The molecule has 1 unspecified atom stereocenters. The molecule has 0 aliphatic heterocycles. The Balaban J connectivity index is 2.36. The maximum absolute atomic E-state index is 11.6. The van der Waals surface area contributed by atoms with Gasteiger partial charge in [0.1, 0.15) is 12.4 Å². The molecular weight excluding hydrogens is 234 g/mol. The van der Waals surface area contributed by atoms with Gasteiger partial charge in [-0.2, -0.15) is 0 Å². The molecule has 1 aromatic carbocycles. The van der Waals surface area contributed by atoms with Crippen molar-refractivity contribution in [2.24, 2.45) is 0 Å². The second kappa shape index (κ2) is 7.45. The quantitative estimate of drug-likeness (QED) is 0.748. The van der Waals surface area contributed by atoms with Crippen LogP contribution in [-0.2, 0) is 11.0 Å². The number of rotatable bonds is 7. The van der Waals surface area contributed by atoms with Gasteiger partial charge in [-0.15, -0.1) is 0 Å². The summed E-state index contributed by atoms with van der Waals surface area (Å²) in [4.78, 5) is 0. The van der Waals surface area contributed by atoms with Gasteiger partial charge in [-0.3, -0.25) is 0 Å². The van der Waals surface area contributed by atoms with Crippen LogP contribution in [0.1, 0.15) is 19.4 Å². The number of hydrogen-bond acceptors (Lipinski definition) is 2. The topological polar surface area (TPSA) is 29.5 Å². The van der Waals surface area contributed by atoms with E-state index in [2.05, 4.69) is 0 Å². The van der Waals surface area contributed by atoms with Crippen LogP contribution in [0, 0.1) is 6.92 Å². The van der Waals surface area contributed by atoms with Crippen molar-refractivity contribution in [2.75, 3.05) is 25.4 Å². The summed E-state index contributed by atoms with van der Waals surface area (Å²) < 4.78 is 19.1. The molecule has 1 aromatic rings. The number of hydrogen-bond donors (Lipinski definition) is 0. The van der Waals surface area contributed by atoms with Gasteiger partial charge in [0, 0.05) is 18.8 Å². The first-order valence-electron chi connectivity index (χ1n) is 6.00. The van der Waals surface area contributed by atoms with E-state index in [1.54, 1.807) is 0 Å². The average Bonchev–Trinajstić information content (AvgIpc) is 2.36. The molecule has 0 spiro atoms. The van der Waals surface area contributed by atoms with Gasteiger partial charge in [-0.05, 0) is 19.1 Å². The molecule has 0 aromatic heterocycles. The van der Waals surface area contributed by atoms with Crippen LogP contribution >= 0.6 is 0 Å². The van der Waals surface area contributed by atoms with Crippen molar-refractivity contribution >= 4 is 11.0 Å². The maximum Gasteiger partial charge on any atom is 0.119 e. The molecule has 96 valence electrons. The molecule has 0 N–H and O–H groups in total. The van der Waals surface area contributed by atoms with Gasteiger partial charge in [0.2, 0.25) is 0 Å². The SMILES string of the molecule is CCN(CCOc1ccc(C)cc1)S(=O)CC. The van der Waals surface area contributed by atoms with E-state index in [0.29, 0.717) is 18.9 Å². The van der Waals surface area contributed by atoms with Crippen LogP contribution in [0.25, 0.3) is 0 Å². The largest absolute Gasteiger partial charge is 0.492 e. The molecule has 17 heavy (non-hydrogen) atoms. The summed E-state index contributed by atoms with van der Waals surface area (Å²) in [5, 5.41) is 0. The van der Waals surface area contributed by atoms with Gasteiger partial charge < -0.3 is 4.74 Å². The van der Waals surface area contributed by atoms with E-state index < -0.39 is 11.0 Å². The van der Waals surface area contributed by atoms with E-state index in [1.165, 1.54) is 5.56 Å². The molecule has 0 aliphatic carbocycles. The van der Waals surface area contributed by atoms with Crippen LogP contribution in [-0.4, -0.2) is 34.0 Å². The van der Waals surface area contributed by atoms with Gasteiger partial charge >= 0.3 is 0 Å². The lowest BCUT2D eigenvalue weighted by Crippen LogP contribution is -2.31. The molecule has 4 heteroatoms. The minimum absolute atomic E-state index is 0.572. The lowest BCUT2D eigenvalue weighted by atomic mass is 10.2. The second-order valence-corrected chi connectivity index (χ2v) is 5.53. The molecule has 1 rings (SSSR count). The molecule has 0 saturated heterocycles. The van der Waals surface area contributed by atoms with Crippen LogP contribution in [0.3, 0.4) is 0 Å². The second-order valence-electron chi connectivity index (χ2n) is 3.79. The third-order valence-corrected chi connectivity index (χ3v) is 4.03. The zero-order chi connectivity index (χ0) is 12.7. The normalized spacial score (nSPS) is 12.7. The number of benzene rings is 1. The molecule has 0 heterocycles. The van der Waals surface area contributed by atoms with Crippen LogP contribution in [0.15, 0.2) is 24.3 Å². The number of aryl methyl sites for hydroxylation is 1. The van der Waals surface area contributed by atoms with Gasteiger partial charge in [-0.25, -0.2) is 8.51 Å². The van der Waals surface area contributed by atoms with Crippen molar-refractivity contribution in [1.29, 1.82) is 0 Å². The lowest BCUT2D eigenvalue weighted by molar-refractivity contribution is 0.281. The Morgan fingerprint density at radius 1 is 1.24 bits per heavy atom. The van der Waals surface area contributed by atoms with E-state index in [-0.39, 0.29) is 0 Å². The molecule has 0 saturated carbocycles. The predicted molar refractivity (Wildman–Crippen MR) is 72.6 cm³/mol. The fraction of sp³-hybridized carbons (Fsp3) is 0.538. The minimum Gasteiger partial charge on any atom is -0.492 e. The fourth-order valence-corrected chi connectivity index (χ4v) is 2.42. The molecular formula is C13H21NO2S. The summed E-state index contributed by atoms with van der Waals surface area (Å²) in [6, 6.07) is 7.97. The molecule has 0 fully saturated rings. The summed E-state index contributed by atoms with van der Waals surface area (Å²) in [5.74, 6) is 1.53. The third kappa shape index (κ3) is 4.88. The van der Waals surface area contributed by atoms with E-state index in [4.69, 9.17) is 4.74 Å². The van der Waals surface area contributed by atoms with E-state index >= 15 is 0 Å². The van der Waals surface area contributed by atoms with Crippen LogP contribution in [0.5, 0.6) is 5.75 Å². The Bertz CT molecular complexity index is 351. The molecule has 3 nitrogen and oxygen atoms in total. The van der Waals surface area contributed by atoms with Gasteiger partial charge in [0.25, 0.3) is 0 Å². The summed E-state index contributed by atoms with van der Waals surface area (Å²) >= 11 is 0. The van der Waals surface area contributed by atoms with Crippen molar-refractivity contribution in [2.45, 2.75) is 20.8 Å². The molecule has 0 radical (unpaired) electrons. The highest BCUT2D eigenvalue weighted by molar-refractivity contribution is 7.82. The number of nitrogens with zero attached hydrogens (tertiary/aromatic N) is 1. The Hall–Kier alpha value is -0.870. The van der Waals surface area contributed by atoms with E-state index in [0.717, 1.165) is 12.3 Å². The van der Waals surface area contributed by atoms with Crippen LogP contribution < -0.4 is 4.74 Å². The van der Waals surface area contributed by atoms with Crippen LogP contribution in [0.4, 0.5) is 0 Å². The highest BCUT2D eigenvalue weighted by atomic mass is 32.2. The van der Waals surface area contributed by atoms with E-state index in [9.17, 15) is 4.21 Å². The lowest BCUT2D eigenvalue weighted by Gasteiger charge is -2.18.